The Morgan fingerprint density at radius 3 is 2.78 bits per heavy atom. The average molecular weight is 338 g/mol. The lowest BCUT2D eigenvalue weighted by molar-refractivity contribution is -0.497. The Hall–Kier alpha value is -2.15. The normalized spacial score (nSPS) is 26.7. The summed E-state index contributed by atoms with van der Waals surface area (Å²) in [6.07, 6.45) is 1.50. The van der Waals surface area contributed by atoms with Crippen LogP contribution in [0.25, 0.3) is 0 Å². The van der Waals surface area contributed by atoms with Crippen LogP contribution >= 0.6 is 11.6 Å². The summed E-state index contributed by atoms with van der Waals surface area (Å²) in [6, 6.07) is 5.58. The first kappa shape index (κ1) is 15.7. The third-order valence-electron chi connectivity index (χ3n) is 4.26. The van der Waals surface area contributed by atoms with Gasteiger partial charge in [0.1, 0.15) is 12.0 Å². The number of nitrogens with one attached hydrogen (secondary N) is 1. The SMILES string of the molecule is O=C(N[C@@H]1CCCN(c2ccccc2Cl)C1=O)[C@H]1C[C@@H]1[N+](=O)[O-]. The van der Waals surface area contributed by atoms with E-state index in [1.807, 2.05) is 0 Å². The van der Waals surface area contributed by atoms with Gasteiger partial charge in [-0.3, -0.25) is 19.7 Å². The molecule has 1 heterocycles. The van der Waals surface area contributed by atoms with Crippen LogP contribution in [0.2, 0.25) is 5.02 Å². The number of rotatable bonds is 4. The maximum absolute atomic E-state index is 12.6. The van der Waals surface area contributed by atoms with Crippen LogP contribution in [0.5, 0.6) is 0 Å². The summed E-state index contributed by atoms with van der Waals surface area (Å²) in [7, 11) is 0. The third-order valence-corrected chi connectivity index (χ3v) is 4.58. The van der Waals surface area contributed by atoms with Gasteiger partial charge in [-0.15, -0.1) is 0 Å². The number of nitrogens with zero attached hydrogens (tertiary/aromatic N) is 2. The Morgan fingerprint density at radius 1 is 1.39 bits per heavy atom. The molecule has 1 aliphatic carbocycles. The molecular weight excluding hydrogens is 322 g/mol. The van der Waals surface area contributed by atoms with E-state index in [-0.39, 0.29) is 12.3 Å². The van der Waals surface area contributed by atoms with Gasteiger partial charge in [0.15, 0.2) is 0 Å². The molecule has 2 aliphatic rings. The van der Waals surface area contributed by atoms with E-state index in [1.165, 1.54) is 0 Å². The number of piperidine rings is 1. The lowest BCUT2D eigenvalue weighted by Gasteiger charge is -2.33. The van der Waals surface area contributed by atoms with Gasteiger partial charge >= 0.3 is 0 Å². The van der Waals surface area contributed by atoms with Crippen LogP contribution in [0.1, 0.15) is 19.3 Å². The standard InChI is InChI=1S/C15H16ClN3O4/c16-10-4-1-2-6-12(10)18-7-3-5-11(15(18)21)17-14(20)9-8-13(9)19(22)23/h1-2,4,6,9,11,13H,3,5,7-8H2,(H,17,20)/t9-,11+,13-/m0/s1. The Kier molecular flexibility index (Phi) is 4.21. The van der Waals surface area contributed by atoms with Gasteiger partial charge in [-0.05, 0) is 25.0 Å². The van der Waals surface area contributed by atoms with Gasteiger partial charge in [-0.1, -0.05) is 23.7 Å². The van der Waals surface area contributed by atoms with E-state index in [2.05, 4.69) is 5.32 Å². The second-order valence-corrected chi connectivity index (χ2v) is 6.25. The number of nitro groups is 1. The number of para-hydroxylation sites is 1. The van der Waals surface area contributed by atoms with Crippen LogP contribution < -0.4 is 10.2 Å². The van der Waals surface area contributed by atoms with Crippen molar-refractivity contribution in [3.05, 3.63) is 39.4 Å². The highest BCUT2D eigenvalue weighted by Crippen LogP contribution is 2.34. The van der Waals surface area contributed by atoms with Crippen LogP contribution in [0.4, 0.5) is 5.69 Å². The first-order valence-electron chi connectivity index (χ1n) is 7.49. The van der Waals surface area contributed by atoms with Crippen molar-refractivity contribution in [3.63, 3.8) is 0 Å². The van der Waals surface area contributed by atoms with E-state index < -0.39 is 28.8 Å². The Balaban J connectivity index is 1.67. The zero-order valence-electron chi connectivity index (χ0n) is 12.3. The summed E-state index contributed by atoms with van der Waals surface area (Å²) in [5, 5.41) is 13.8. The first-order chi connectivity index (χ1) is 11.0. The van der Waals surface area contributed by atoms with Gasteiger partial charge in [0.2, 0.25) is 17.9 Å². The summed E-state index contributed by atoms with van der Waals surface area (Å²) in [5.41, 5.74) is 0.618. The highest BCUT2D eigenvalue weighted by Gasteiger charge is 2.54. The molecule has 23 heavy (non-hydrogen) atoms. The summed E-state index contributed by atoms with van der Waals surface area (Å²) in [5.74, 6) is -1.25. The van der Waals surface area contributed by atoms with Gasteiger partial charge in [0.05, 0.1) is 10.7 Å². The van der Waals surface area contributed by atoms with Crippen molar-refractivity contribution < 1.29 is 14.5 Å². The van der Waals surface area contributed by atoms with Crippen molar-refractivity contribution in [2.75, 3.05) is 11.4 Å². The van der Waals surface area contributed by atoms with Gasteiger partial charge < -0.3 is 10.2 Å². The largest absolute Gasteiger partial charge is 0.344 e. The number of anilines is 1. The van der Waals surface area contributed by atoms with Crippen LogP contribution in [0.15, 0.2) is 24.3 Å². The number of carbonyl (C=O) groups is 2. The molecule has 1 saturated carbocycles. The third kappa shape index (κ3) is 3.14. The molecule has 1 aliphatic heterocycles. The highest BCUT2D eigenvalue weighted by atomic mass is 35.5. The predicted octanol–water partition coefficient (Wildman–Crippen LogP) is 1.62. The predicted molar refractivity (Wildman–Crippen MR) is 83.9 cm³/mol. The van der Waals surface area contributed by atoms with Gasteiger partial charge in [-0.25, -0.2) is 0 Å². The Bertz CT molecular complexity index is 666. The van der Waals surface area contributed by atoms with Gasteiger partial charge in [-0.2, -0.15) is 0 Å². The Labute approximate surface area is 137 Å². The second-order valence-electron chi connectivity index (χ2n) is 5.84. The topological polar surface area (TPSA) is 92.6 Å². The molecule has 3 rings (SSSR count). The number of hydrogen-bond donors (Lipinski definition) is 1. The molecule has 1 aromatic rings. The lowest BCUT2D eigenvalue weighted by Crippen LogP contribution is -2.53. The number of hydrogen-bond acceptors (Lipinski definition) is 4. The molecule has 7 nitrogen and oxygen atoms in total. The molecule has 1 N–H and O–H groups in total. The average Bonchev–Trinajstić information content (AvgIpc) is 3.31. The lowest BCUT2D eigenvalue weighted by atomic mass is 10.0. The maximum atomic E-state index is 12.6. The van der Waals surface area contributed by atoms with E-state index in [0.29, 0.717) is 23.7 Å². The smallest absolute Gasteiger partial charge is 0.249 e. The van der Waals surface area contributed by atoms with Gasteiger partial charge in [0, 0.05) is 17.9 Å². The fourth-order valence-corrected chi connectivity index (χ4v) is 3.13. The number of carbonyl (C=O) groups excluding carboxylic acids is 2. The maximum Gasteiger partial charge on any atom is 0.249 e. The summed E-state index contributed by atoms with van der Waals surface area (Å²) in [4.78, 5) is 36.4. The minimum absolute atomic E-state index is 0.226. The fourth-order valence-electron chi connectivity index (χ4n) is 2.89. The second kappa shape index (κ2) is 6.16. The van der Waals surface area contributed by atoms with Crippen molar-refractivity contribution in [2.45, 2.75) is 31.3 Å². The highest BCUT2D eigenvalue weighted by molar-refractivity contribution is 6.33. The zero-order chi connectivity index (χ0) is 16.6. The monoisotopic (exact) mass is 337 g/mol. The molecule has 1 saturated heterocycles. The molecule has 0 radical (unpaired) electrons. The molecule has 0 aromatic heterocycles. The van der Waals surface area contributed by atoms with Crippen LogP contribution in [0.3, 0.4) is 0 Å². The van der Waals surface area contributed by atoms with Crippen LogP contribution in [-0.4, -0.2) is 35.4 Å². The molecule has 122 valence electrons. The summed E-state index contributed by atoms with van der Waals surface area (Å²) >= 11 is 6.13. The molecule has 2 amide bonds. The number of benzene rings is 1. The van der Waals surface area contributed by atoms with Crippen LogP contribution in [-0.2, 0) is 9.59 Å². The van der Waals surface area contributed by atoms with Gasteiger partial charge in [0.25, 0.3) is 0 Å². The van der Waals surface area contributed by atoms with Crippen molar-refractivity contribution in [2.24, 2.45) is 5.92 Å². The number of amides is 2. The molecular formula is C15H16ClN3O4. The quantitative estimate of drug-likeness (QED) is 0.667. The van der Waals surface area contributed by atoms with E-state index >= 15 is 0 Å². The van der Waals surface area contributed by atoms with Crippen LogP contribution in [0, 0.1) is 16.0 Å². The first-order valence-corrected chi connectivity index (χ1v) is 7.86. The van der Waals surface area contributed by atoms with Crippen molar-refractivity contribution in [3.8, 4) is 0 Å². The van der Waals surface area contributed by atoms with Crippen molar-refractivity contribution in [1.29, 1.82) is 0 Å². The van der Waals surface area contributed by atoms with Crippen molar-refractivity contribution in [1.82, 2.24) is 5.32 Å². The molecule has 2 fully saturated rings. The van der Waals surface area contributed by atoms with E-state index in [0.717, 1.165) is 6.42 Å². The Morgan fingerprint density at radius 2 is 2.13 bits per heavy atom. The zero-order valence-corrected chi connectivity index (χ0v) is 13.0. The summed E-state index contributed by atoms with van der Waals surface area (Å²) < 4.78 is 0. The molecule has 3 atom stereocenters. The minimum atomic E-state index is -0.812. The van der Waals surface area contributed by atoms with E-state index in [1.54, 1.807) is 29.2 Å². The molecule has 0 spiro atoms. The van der Waals surface area contributed by atoms with Crippen molar-refractivity contribution >= 4 is 29.1 Å². The van der Waals surface area contributed by atoms with E-state index in [9.17, 15) is 19.7 Å². The minimum Gasteiger partial charge on any atom is -0.344 e. The van der Waals surface area contributed by atoms with E-state index in [4.69, 9.17) is 11.6 Å². The summed E-state index contributed by atoms with van der Waals surface area (Å²) in [6.45, 7) is 0.538. The molecule has 0 unspecified atom stereocenters. The molecule has 0 bridgehead atoms. The fraction of sp³-hybridized carbons (Fsp3) is 0.467. The molecule has 1 aromatic carbocycles. The number of halogens is 1. The molecule has 8 heteroatoms.